The second-order valence-electron chi connectivity index (χ2n) is 7.78. The standard InChI is InChI=1S/C23H22ClN3OS/c1-26-14-16(18-4-2-3-5-20(18)26)12-22(28)27-10-8-15(9-11-27)23-25-19-13-17(24)6-7-21(19)29-23/h2-7,13-15H,8-12H2,1H3. The molecule has 1 amide bonds. The lowest BCUT2D eigenvalue weighted by atomic mass is 9.97. The molecule has 1 aliphatic heterocycles. The predicted octanol–water partition coefficient (Wildman–Crippen LogP) is 5.39. The molecule has 1 saturated heterocycles. The quantitative estimate of drug-likeness (QED) is 0.443. The van der Waals surface area contributed by atoms with Gasteiger partial charge in [0.1, 0.15) is 0 Å². The highest BCUT2D eigenvalue weighted by atomic mass is 35.5. The number of nitrogens with zero attached hydrogens (tertiary/aromatic N) is 3. The largest absolute Gasteiger partial charge is 0.350 e. The van der Waals surface area contributed by atoms with Gasteiger partial charge in [-0.1, -0.05) is 29.8 Å². The molecule has 0 aliphatic carbocycles. The summed E-state index contributed by atoms with van der Waals surface area (Å²) >= 11 is 7.84. The van der Waals surface area contributed by atoms with Gasteiger partial charge in [0.2, 0.25) is 5.91 Å². The minimum Gasteiger partial charge on any atom is -0.350 e. The van der Waals surface area contributed by atoms with Crippen LogP contribution in [0.4, 0.5) is 0 Å². The van der Waals surface area contributed by atoms with Crippen molar-refractivity contribution in [2.45, 2.75) is 25.2 Å². The van der Waals surface area contributed by atoms with Gasteiger partial charge in [-0.3, -0.25) is 4.79 Å². The molecule has 0 saturated carbocycles. The van der Waals surface area contributed by atoms with E-state index in [9.17, 15) is 4.79 Å². The summed E-state index contributed by atoms with van der Waals surface area (Å²) in [5, 5.41) is 3.07. The summed E-state index contributed by atoms with van der Waals surface area (Å²) in [6.45, 7) is 1.59. The summed E-state index contributed by atoms with van der Waals surface area (Å²) in [6.07, 6.45) is 4.48. The molecule has 0 N–H and O–H groups in total. The molecule has 0 bridgehead atoms. The molecule has 0 atom stereocenters. The topological polar surface area (TPSA) is 38.1 Å². The Morgan fingerprint density at radius 3 is 2.83 bits per heavy atom. The van der Waals surface area contributed by atoms with Crippen LogP contribution in [0.25, 0.3) is 21.1 Å². The van der Waals surface area contributed by atoms with Crippen LogP contribution in [0, 0.1) is 0 Å². The smallest absolute Gasteiger partial charge is 0.227 e. The van der Waals surface area contributed by atoms with Crippen molar-refractivity contribution < 1.29 is 4.79 Å². The summed E-state index contributed by atoms with van der Waals surface area (Å²) in [5.41, 5.74) is 3.26. The number of aromatic nitrogens is 2. The van der Waals surface area contributed by atoms with E-state index >= 15 is 0 Å². The molecule has 0 spiro atoms. The number of rotatable bonds is 3. The van der Waals surface area contributed by atoms with E-state index in [0.29, 0.717) is 12.3 Å². The van der Waals surface area contributed by atoms with Gasteiger partial charge in [0, 0.05) is 48.2 Å². The number of likely N-dealkylation sites (tertiary alicyclic amines) is 1. The van der Waals surface area contributed by atoms with Crippen molar-refractivity contribution in [3.63, 3.8) is 0 Å². The number of para-hydroxylation sites is 1. The molecule has 5 rings (SSSR count). The Bertz CT molecular complexity index is 1200. The Hall–Kier alpha value is -2.37. The van der Waals surface area contributed by atoms with Gasteiger partial charge in [0.05, 0.1) is 21.6 Å². The molecule has 29 heavy (non-hydrogen) atoms. The van der Waals surface area contributed by atoms with Crippen molar-refractivity contribution in [2.75, 3.05) is 13.1 Å². The van der Waals surface area contributed by atoms with Gasteiger partial charge in [-0.25, -0.2) is 4.98 Å². The monoisotopic (exact) mass is 423 g/mol. The molecular weight excluding hydrogens is 402 g/mol. The van der Waals surface area contributed by atoms with Gasteiger partial charge in [0.25, 0.3) is 0 Å². The zero-order chi connectivity index (χ0) is 20.0. The van der Waals surface area contributed by atoms with E-state index in [-0.39, 0.29) is 5.91 Å². The summed E-state index contributed by atoms with van der Waals surface area (Å²) in [7, 11) is 2.03. The molecule has 6 heteroatoms. The summed E-state index contributed by atoms with van der Waals surface area (Å²) in [4.78, 5) is 19.7. The number of thiazole rings is 1. The predicted molar refractivity (Wildman–Crippen MR) is 120 cm³/mol. The molecular formula is C23H22ClN3OS. The maximum Gasteiger partial charge on any atom is 0.227 e. The Kier molecular flexibility index (Phi) is 4.80. The van der Waals surface area contributed by atoms with E-state index in [1.165, 1.54) is 20.6 Å². The van der Waals surface area contributed by atoms with E-state index in [1.807, 2.05) is 42.3 Å². The highest BCUT2D eigenvalue weighted by Crippen LogP contribution is 2.35. The van der Waals surface area contributed by atoms with Crippen molar-refractivity contribution in [3.8, 4) is 0 Å². The van der Waals surface area contributed by atoms with Crippen LogP contribution in [-0.2, 0) is 18.3 Å². The average Bonchev–Trinajstić information content (AvgIpc) is 3.29. The number of benzene rings is 2. The fourth-order valence-electron chi connectivity index (χ4n) is 4.31. The van der Waals surface area contributed by atoms with Crippen LogP contribution in [-0.4, -0.2) is 33.4 Å². The third-order valence-corrected chi connectivity index (χ3v) is 7.32. The molecule has 148 valence electrons. The number of amides is 1. The number of hydrogen-bond donors (Lipinski definition) is 0. The summed E-state index contributed by atoms with van der Waals surface area (Å²) < 4.78 is 3.28. The number of hydrogen-bond acceptors (Lipinski definition) is 3. The maximum atomic E-state index is 12.9. The molecule has 1 aliphatic rings. The zero-order valence-electron chi connectivity index (χ0n) is 16.3. The first-order valence-electron chi connectivity index (χ1n) is 9.95. The highest BCUT2D eigenvalue weighted by molar-refractivity contribution is 7.18. The fourth-order valence-corrected chi connectivity index (χ4v) is 5.59. The molecule has 2 aromatic heterocycles. The van der Waals surface area contributed by atoms with Crippen LogP contribution < -0.4 is 0 Å². The molecule has 0 unspecified atom stereocenters. The summed E-state index contributed by atoms with van der Waals surface area (Å²) in [6, 6.07) is 14.2. The third-order valence-electron chi connectivity index (χ3n) is 5.88. The minimum atomic E-state index is 0.218. The van der Waals surface area contributed by atoms with Crippen LogP contribution in [0.1, 0.15) is 29.3 Å². The first kappa shape index (κ1) is 18.6. The molecule has 0 radical (unpaired) electrons. The molecule has 4 nitrogen and oxygen atoms in total. The van der Waals surface area contributed by atoms with Crippen LogP contribution in [0.5, 0.6) is 0 Å². The fraction of sp³-hybridized carbons (Fsp3) is 0.304. The van der Waals surface area contributed by atoms with Crippen molar-refractivity contribution in [1.29, 1.82) is 0 Å². The average molecular weight is 424 g/mol. The number of fused-ring (bicyclic) bond motifs is 2. The van der Waals surface area contributed by atoms with Gasteiger partial charge in [-0.2, -0.15) is 0 Å². The molecule has 4 aromatic rings. The maximum absolute atomic E-state index is 12.9. The third kappa shape index (κ3) is 3.53. The molecule has 3 heterocycles. The Labute approximate surface area is 178 Å². The van der Waals surface area contributed by atoms with Crippen LogP contribution in [0.3, 0.4) is 0 Å². The first-order chi connectivity index (χ1) is 14.1. The Morgan fingerprint density at radius 1 is 1.21 bits per heavy atom. The van der Waals surface area contributed by atoms with Crippen molar-refractivity contribution in [3.05, 3.63) is 64.3 Å². The van der Waals surface area contributed by atoms with Gasteiger partial charge in [0.15, 0.2) is 0 Å². The number of carbonyl (C=O) groups is 1. The minimum absolute atomic E-state index is 0.218. The lowest BCUT2D eigenvalue weighted by molar-refractivity contribution is -0.131. The second kappa shape index (κ2) is 7.47. The van der Waals surface area contributed by atoms with Crippen LogP contribution >= 0.6 is 22.9 Å². The van der Waals surface area contributed by atoms with Gasteiger partial charge < -0.3 is 9.47 Å². The molecule has 2 aromatic carbocycles. The highest BCUT2D eigenvalue weighted by Gasteiger charge is 2.26. The van der Waals surface area contributed by atoms with Crippen molar-refractivity contribution in [1.82, 2.24) is 14.5 Å². The van der Waals surface area contributed by atoms with Gasteiger partial charge in [-0.15, -0.1) is 11.3 Å². The van der Waals surface area contributed by atoms with Crippen LogP contribution in [0.15, 0.2) is 48.7 Å². The van der Waals surface area contributed by atoms with Crippen LogP contribution in [0.2, 0.25) is 5.02 Å². The van der Waals surface area contributed by atoms with E-state index in [4.69, 9.17) is 16.6 Å². The van der Waals surface area contributed by atoms with Crippen molar-refractivity contribution in [2.24, 2.45) is 7.05 Å². The van der Waals surface area contributed by atoms with Gasteiger partial charge in [-0.05, 0) is 42.7 Å². The van der Waals surface area contributed by atoms with Gasteiger partial charge >= 0.3 is 0 Å². The Morgan fingerprint density at radius 2 is 2.00 bits per heavy atom. The lowest BCUT2D eigenvalue weighted by Crippen LogP contribution is -2.38. The number of aryl methyl sites for hydroxylation is 1. The number of halogens is 1. The number of piperidine rings is 1. The normalized spacial score (nSPS) is 15.4. The van der Waals surface area contributed by atoms with Crippen molar-refractivity contribution >= 4 is 50.0 Å². The lowest BCUT2D eigenvalue weighted by Gasteiger charge is -2.31. The zero-order valence-corrected chi connectivity index (χ0v) is 17.8. The summed E-state index contributed by atoms with van der Waals surface area (Å²) in [5.74, 6) is 0.642. The SMILES string of the molecule is Cn1cc(CC(=O)N2CCC(c3nc4cc(Cl)ccc4s3)CC2)c2ccccc21. The number of carbonyl (C=O) groups excluding carboxylic acids is 1. The van der Waals surface area contributed by atoms with E-state index in [2.05, 4.69) is 22.9 Å². The second-order valence-corrected chi connectivity index (χ2v) is 9.28. The van der Waals surface area contributed by atoms with E-state index in [1.54, 1.807) is 11.3 Å². The van der Waals surface area contributed by atoms with E-state index in [0.717, 1.165) is 42.0 Å². The van der Waals surface area contributed by atoms with E-state index < -0.39 is 0 Å². The first-order valence-corrected chi connectivity index (χ1v) is 11.1. The Balaban J connectivity index is 1.26. The molecule has 1 fully saturated rings.